The standard InChI is InChI=1S/C11H12N2O2S/c1-7-3-4-8(2)9(5-7)14-6-10-12-13-11(16)15-10/h3-5H,6H2,1-2H3,(H,13,16). The zero-order valence-electron chi connectivity index (χ0n) is 9.11. The molecule has 0 spiro atoms. The molecule has 0 saturated carbocycles. The summed E-state index contributed by atoms with van der Waals surface area (Å²) in [4.78, 5) is 0.263. The van der Waals surface area contributed by atoms with E-state index < -0.39 is 0 Å². The van der Waals surface area contributed by atoms with Crippen molar-refractivity contribution in [3.05, 3.63) is 40.1 Å². The number of nitrogens with zero attached hydrogens (tertiary/aromatic N) is 1. The second kappa shape index (κ2) is 4.49. The van der Waals surface area contributed by atoms with Crippen molar-refractivity contribution in [2.75, 3.05) is 0 Å². The monoisotopic (exact) mass is 236 g/mol. The first-order valence-corrected chi connectivity index (χ1v) is 5.30. The van der Waals surface area contributed by atoms with E-state index in [9.17, 15) is 0 Å². The maximum atomic E-state index is 5.59. The van der Waals surface area contributed by atoms with Gasteiger partial charge in [-0.2, -0.15) is 0 Å². The average Bonchev–Trinajstić information content (AvgIpc) is 2.66. The third-order valence-corrected chi connectivity index (χ3v) is 2.35. The Bertz CT molecular complexity index is 545. The van der Waals surface area contributed by atoms with Crippen molar-refractivity contribution in [3.8, 4) is 5.75 Å². The largest absolute Gasteiger partial charge is 0.484 e. The molecule has 2 aromatic rings. The predicted molar refractivity (Wildman–Crippen MR) is 61.9 cm³/mol. The van der Waals surface area contributed by atoms with Gasteiger partial charge in [-0.05, 0) is 43.3 Å². The lowest BCUT2D eigenvalue weighted by atomic mass is 10.1. The van der Waals surface area contributed by atoms with Crippen LogP contribution in [0.4, 0.5) is 0 Å². The molecule has 2 rings (SSSR count). The first-order valence-electron chi connectivity index (χ1n) is 4.89. The Labute approximate surface area is 98.3 Å². The zero-order valence-corrected chi connectivity index (χ0v) is 9.93. The molecule has 16 heavy (non-hydrogen) atoms. The molecule has 0 aliphatic rings. The van der Waals surface area contributed by atoms with E-state index in [1.165, 1.54) is 0 Å². The van der Waals surface area contributed by atoms with E-state index in [0.717, 1.165) is 16.9 Å². The summed E-state index contributed by atoms with van der Waals surface area (Å²) < 4.78 is 10.7. The van der Waals surface area contributed by atoms with Crippen molar-refractivity contribution in [2.45, 2.75) is 20.5 Å². The molecule has 1 N–H and O–H groups in total. The zero-order chi connectivity index (χ0) is 11.5. The lowest BCUT2D eigenvalue weighted by molar-refractivity contribution is 0.260. The fraction of sp³-hybridized carbons (Fsp3) is 0.273. The number of ether oxygens (including phenoxy) is 1. The summed E-state index contributed by atoms with van der Waals surface area (Å²) in [5.74, 6) is 1.29. The number of hydrogen-bond acceptors (Lipinski definition) is 4. The molecule has 0 unspecified atom stereocenters. The van der Waals surface area contributed by atoms with Gasteiger partial charge in [0.15, 0.2) is 6.61 Å². The highest BCUT2D eigenvalue weighted by molar-refractivity contribution is 7.71. The van der Waals surface area contributed by atoms with Crippen molar-refractivity contribution < 1.29 is 9.15 Å². The highest BCUT2D eigenvalue weighted by Gasteiger charge is 2.03. The molecule has 0 atom stereocenters. The Morgan fingerprint density at radius 3 is 2.94 bits per heavy atom. The van der Waals surface area contributed by atoms with Crippen molar-refractivity contribution in [2.24, 2.45) is 0 Å². The molecule has 0 amide bonds. The smallest absolute Gasteiger partial charge is 0.284 e. The van der Waals surface area contributed by atoms with Crippen molar-refractivity contribution in [1.82, 2.24) is 10.2 Å². The summed E-state index contributed by atoms with van der Waals surface area (Å²) in [6.45, 7) is 4.29. The lowest BCUT2D eigenvalue weighted by Gasteiger charge is -2.07. The van der Waals surface area contributed by atoms with E-state index in [4.69, 9.17) is 21.4 Å². The van der Waals surface area contributed by atoms with Gasteiger partial charge in [0.1, 0.15) is 5.75 Å². The Morgan fingerprint density at radius 2 is 2.25 bits per heavy atom. The molecule has 0 aliphatic heterocycles. The second-order valence-corrected chi connectivity index (χ2v) is 3.94. The molecule has 0 saturated heterocycles. The van der Waals surface area contributed by atoms with Crippen LogP contribution in [0.25, 0.3) is 0 Å². The van der Waals surface area contributed by atoms with Crippen LogP contribution in [0.5, 0.6) is 5.75 Å². The van der Waals surface area contributed by atoms with E-state index in [-0.39, 0.29) is 11.4 Å². The normalized spacial score (nSPS) is 10.4. The number of nitrogens with one attached hydrogen (secondary N) is 1. The van der Waals surface area contributed by atoms with Gasteiger partial charge in [0.25, 0.3) is 10.7 Å². The minimum atomic E-state index is 0.263. The molecular weight excluding hydrogens is 224 g/mol. The third-order valence-electron chi connectivity index (χ3n) is 2.18. The summed E-state index contributed by atoms with van der Waals surface area (Å²) in [5.41, 5.74) is 2.24. The lowest BCUT2D eigenvalue weighted by Crippen LogP contribution is -1.97. The van der Waals surface area contributed by atoms with Crippen LogP contribution < -0.4 is 4.74 Å². The molecule has 0 bridgehead atoms. The second-order valence-electron chi connectivity index (χ2n) is 3.56. The summed E-state index contributed by atoms with van der Waals surface area (Å²) in [7, 11) is 0. The molecule has 5 heteroatoms. The topological polar surface area (TPSA) is 51.0 Å². The maximum absolute atomic E-state index is 5.59. The van der Waals surface area contributed by atoms with Gasteiger partial charge in [0.05, 0.1) is 0 Å². The van der Waals surface area contributed by atoms with Crippen LogP contribution in [0.2, 0.25) is 0 Å². The quantitative estimate of drug-likeness (QED) is 0.832. The van der Waals surface area contributed by atoms with Crippen LogP contribution in [-0.2, 0) is 6.61 Å². The number of aryl methyl sites for hydroxylation is 2. The minimum absolute atomic E-state index is 0.263. The van der Waals surface area contributed by atoms with Crippen LogP contribution in [0.15, 0.2) is 22.6 Å². The van der Waals surface area contributed by atoms with Gasteiger partial charge in [-0.25, -0.2) is 5.10 Å². The predicted octanol–water partition coefficient (Wildman–Crippen LogP) is 2.93. The maximum Gasteiger partial charge on any atom is 0.284 e. The van der Waals surface area contributed by atoms with Crippen molar-refractivity contribution in [3.63, 3.8) is 0 Å². The van der Waals surface area contributed by atoms with Crippen LogP contribution in [0, 0.1) is 18.7 Å². The summed E-state index contributed by atoms with van der Waals surface area (Å²) in [6, 6.07) is 6.05. The van der Waals surface area contributed by atoms with E-state index in [1.54, 1.807) is 0 Å². The van der Waals surface area contributed by atoms with Gasteiger partial charge >= 0.3 is 0 Å². The number of hydrogen-bond donors (Lipinski definition) is 1. The Morgan fingerprint density at radius 1 is 1.44 bits per heavy atom. The van der Waals surface area contributed by atoms with Gasteiger partial charge < -0.3 is 9.15 Å². The first-order chi connectivity index (χ1) is 7.65. The van der Waals surface area contributed by atoms with E-state index in [1.807, 2.05) is 32.0 Å². The molecule has 1 aromatic carbocycles. The van der Waals surface area contributed by atoms with Gasteiger partial charge in [-0.3, -0.25) is 0 Å². The SMILES string of the molecule is Cc1ccc(C)c(OCc2n[nH]c(=S)o2)c1. The number of benzene rings is 1. The number of aromatic amines is 1. The highest BCUT2D eigenvalue weighted by atomic mass is 32.1. The summed E-state index contributed by atoms with van der Waals surface area (Å²) >= 11 is 4.77. The molecule has 0 radical (unpaired) electrons. The van der Waals surface area contributed by atoms with Crippen LogP contribution in [0.3, 0.4) is 0 Å². The van der Waals surface area contributed by atoms with Gasteiger partial charge in [0.2, 0.25) is 0 Å². The Kier molecular flexibility index (Phi) is 3.05. The van der Waals surface area contributed by atoms with Gasteiger partial charge in [0, 0.05) is 0 Å². The molecule has 0 fully saturated rings. The van der Waals surface area contributed by atoms with Crippen LogP contribution in [-0.4, -0.2) is 10.2 Å². The first kappa shape index (κ1) is 10.9. The van der Waals surface area contributed by atoms with Crippen LogP contribution >= 0.6 is 12.2 Å². The molecule has 0 aliphatic carbocycles. The summed E-state index contributed by atoms with van der Waals surface area (Å²) in [6.07, 6.45) is 0. The van der Waals surface area contributed by atoms with Gasteiger partial charge in [-0.1, -0.05) is 12.1 Å². The molecule has 1 aromatic heterocycles. The summed E-state index contributed by atoms with van der Waals surface area (Å²) in [5, 5.41) is 6.41. The van der Waals surface area contributed by atoms with Crippen LogP contribution in [0.1, 0.15) is 17.0 Å². The van der Waals surface area contributed by atoms with Crippen molar-refractivity contribution >= 4 is 12.2 Å². The number of aromatic nitrogens is 2. The third kappa shape index (κ3) is 2.49. The fourth-order valence-corrected chi connectivity index (χ4v) is 1.47. The molecule has 84 valence electrons. The highest BCUT2D eigenvalue weighted by Crippen LogP contribution is 2.19. The Hall–Kier alpha value is -1.62. The minimum Gasteiger partial charge on any atom is -0.484 e. The Balaban J connectivity index is 2.10. The number of H-pyrrole nitrogens is 1. The number of rotatable bonds is 3. The fourth-order valence-electron chi connectivity index (χ4n) is 1.32. The van der Waals surface area contributed by atoms with E-state index in [0.29, 0.717) is 5.89 Å². The average molecular weight is 236 g/mol. The van der Waals surface area contributed by atoms with E-state index in [2.05, 4.69) is 10.2 Å². The molecule has 4 nitrogen and oxygen atoms in total. The molecular formula is C11H12N2O2S. The van der Waals surface area contributed by atoms with E-state index >= 15 is 0 Å². The van der Waals surface area contributed by atoms with Gasteiger partial charge in [-0.15, -0.1) is 5.10 Å². The van der Waals surface area contributed by atoms with Crippen molar-refractivity contribution in [1.29, 1.82) is 0 Å². The molecule has 1 heterocycles.